The zero-order valence-electron chi connectivity index (χ0n) is 8.75. The quantitative estimate of drug-likeness (QED) is 0.826. The molecular weight excluding hydrogens is 380 g/mol. The fourth-order valence-corrected chi connectivity index (χ4v) is 5.17. The molecule has 1 heterocycles. The van der Waals surface area contributed by atoms with Gasteiger partial charge in [0.05, 0.1) is 4.47 Å². The molecule has 0 aliphatic carbocycles. The van der Waals surface area contributed by atoms with Crippen LogP contribution < -0.4 is 10.5 Å². The van der Waals surface area contributed by atoms with Gasteiger partial charge in [-0.15, -0.1) is 11.3 Å². The van der Waals surface area contributed by atoms with Crippen molar-refractivity contribution in [2.24, 2.45) is 5.73 Å². The molecule has 92 valence electrons. The molecular formula is C8H12Br2N2O2S2. The van der Waals surface area contributed by atoms with Crippen LogP contribution in [0.4, 0.5) is 0 Å². The van der Waals surface area contributed by atoms with Gasteiger partial charge in [0.25, 0.3) is 10.0 Å². The standard InChI is InChI=1S/C8H12Br2N2O2S2/c1-8(2,11)4-12-16(13,14)7-6(10)5(9)3-15-7/h3,12H,4,11H2,1-2H3. The second-order valence-corrected chi connectivity index (χ2v) is 8.49. The maximum Gasteiger partial charge on any atom is 0.251 e. The van der Waals surface area contributed by atoms with E-state index in [1.807, 2.05) is 0 Å². The van der Waals surface area contributed by atoms with Crippen LogP contribution in [0.1, 0.15) is 13.8 Å². The van der Waals surface area contributed by atoms with Crippen LogP contribution in [0.25, 0.3) is 0 Å². The molecule has 0 bridgehead atoms. The van der Waals surface area contributed by atoms with E-state index in [4.69, 9.17) is 5.73 Å². The van der Waals surface area contributed by atoms with E-state index in [9.17, 15) is 8.42 Å². The Morgan fingerprint density at radius 3 is 2.44 bits per heavy atom. The van der Waals surface area contributed by atoms with Gasteiger partial charge in [0.2, 0.25) is 0 Å². The highest BCUT2D eigenvalue weighted by Gasteiger charge is 2.23. The predicted octanol–water partition coefficient (Wildman–Crippen LogP) is 2.29. The summed E-state index contributed by atoms with van der Waals surface area (Å²) >= 11 is 7.61. The molecule has 0 unspecified atom stereocenters. The summed E-state index contributed by atoms with van der Waals surface area (Å²) in [6.07, 6.45) is 0. The zero-order chi connectivity index (χ0) is 12.6. The summed E-state index contributed by atoms with van der Waals surface area (Å²) in [5.74, 6) is 0. The molecule has 0 saturated carbocycles. The van der Waals surface area contributed by atoms with Gasteiger partial charge in [-0.1, -0.05) is 0 Å². The van der Waals surface area contributed by atoms with E-state index >= 15 is 0 Å². The van der Waals surface area contributed by atoms with E-state index in [1.54, 1.807) is 19.2 Å². The lowest BCUT2D eigenvalue weighted by Crippen LogP contribution is -2.44. The van der Waals surface area contributed by atoms with Gasteiger partial charge in [-0.05, 0) is 45.7 Å². The van der Waals surface area contributed by atoms with Crippen molar-refractivity contribution in [3.8, 4) is 0 Å². The summed E-state index contributed by atoms with van der Waals surface area (Å²) in [6.45, 7) is 3.71. The van der Waals surface area contributed by atoms with Crippen LogP contribution in [-0.2, 0) is 10.0 Å². The van der Waals surface area contributed by atoms with E-state index in [-0.39, 0.29) is 10.8 Å². The second kappa shape index (κ2) is 5.03. The van der Waals surface area contributed by atoms with Crippen LogP contribution >= 0.6 is 43.2 Å². The van der Waals surface area contributed by atoms with E-state index < -0.39 is 15.6 Å². The van der Waals surface area contributed by atoms with Gasteiger partial charge in [-0.25, -0.2) is 13.1 Å². The summed E-state index contributed by atoms with van der Waals surface area (Å²) in [6, 6.07) is 0. The largest absolute Gasteiger partial charge is 0.324 e. The topological polar surface area (TPSA) is 72.2 Å². The van der Waals surface area contributed by atoms with E-state index in [2.05, 4.69) is 36.6 Å². The third kappa shape index (κ3) is 3.78. The van der Waals surface area contributed by atoms with Gasteiger partial charge in [-0.3, -0.25) is 0 Å². The molecule has 3 N–H and O–H groups in total. The minimum Gasteiger partial charge on any atom is -0.324 e. The third-order valence-corrected chi connectivity index (χ3v) is 7.36. The van der Waals surface area contributed by atoms with Crippen LogP contribution in [0.15, 0.2) is 18.5 Å². The molecule has 0 aliphatic heterocycles. The summed E-state index contributed by atoms with van der Waals surface area (Å²) in [5.41, 5.74) is 5.14. The van der Waals surface area contributed by atoms with Crippen molar-refractivity contribution in [3.63, 3.8) is 0 Å². The number of nitrogens with two attached hydrogens (primary N) is 1. The zero-order valence-corrected chi connectivity index (χ0v) is 13.6. The van der Waals surface area contributed by atoms with Crippen molar-refractivity contribution in [1.82, 2.24) is 4.72 Å². The molecule has 0 aliphatic rings. The highest BCUT2D eigenvalue weighted by atomic mass is 79.9. The highest BCUT2D eigenvalue weighted by Crippen LogP contribution is 2.35. The smallest absolute Gasteiger partial charge is 0.251 e. The normalized spacial score (nSPS) is 13.1. The SMILES string of the molecule is CC(C)(N)CNS(=O)(=O)c1scc(Br)c1Br. The third-order valence-electron chi connectivity index (χ3n) is 1.62. The second-order valence-electron chi connectivity index (χ2n) is 4.00. The molecule has 0 amide bonds. The minimum absolute atomic E-state index is 0.192. The minimum atomic E-state index is -3.49. The van der Waals surface area contributed by atoms with Crippen LogP contribution in [0, 0.1) is 0 Å². The molecule has 0 fully saturated rings. The Bertz CT molecular complexity index is 477. The van der Waals surface area contributed by atoms with Crippen molar-refractivity contribution in [3.05, 3.63) is 14.3 Å². The first kappa shape index (κ1) is 14.6. The molecule has 16 heavy (non-hydrogen) atoms. The molecule has 1 rings (SSSR count). The Morgan fingerprint density at radius 2 is 2.06 bits per heavy atom. The molecule has 4 nitrogen and oxygen atoms in total. The van der Waals surface area contributed by atoms with Crippen molar-refractivity contribution in [2.45, 2.75) is 23.6 Å². The predicted molar refractivity (Wildman–Crippen MR) is 73.2 cm³/mol. The molecule has 0 atom stereocenters. The van der Waals surface area contributed by atoms with Gasteiger partial charge < -0.3 is 5.73 Å². The van der Waals surface area contributed by atoms with Crippen molar-refractivity contribution in [2.75, 3.05) is 6.54 Å². The lowest BCUT2D eigenvalue weighted by molar-refractivity contribution is 0.498. The summed E-state index contributed by atoms with van der Waals surface area (Å²) < 4.78 is 27.8. The number of rotatable bonds is 4. The Hall–Kier alpha value is 0.530. The summed E-state index contributed by atoms with van der Waals surface area (Å²) in [4.78, 5) is 0. The van der Waals surface area contributed by atoms with Crippen LogP contribution in [0.5, 0.6) is 0 Å². The van der Waals surface area contributed by atoms with Gasteiger partial charge in [0.15, 0.2) is 0 Å². The lowest BCUT2D eigenvalue weighted by atomic mass is 10.1. The van der Waals surface area contributed by atoms with Gasteiger partial charge in [0, 0.05) is 21.9 Å². The summed E-state index contributed by atoms with van der Waals surface area (Å²) in [7, 11) is -3.49. The number of hydrogen-bond acceptors (Lipinski definition) is 4. The number of sulfonamides is 1. The fourth-order valence-electron chi connectivity index (χ4n) is 0.834. The molecule has 1 aromatic rings. The van der Waals surface area contributed by atoms with Gasteiger partial charge in [-0.2, -0.15) is 0 Å². The molecule has 0 radical (unpaired) electrons. The maximum absolute atomic E-state index is 11.9. The molecule has 0 spiro atoms. The van der Waals surface area contributed by atoms with Crippen molar-refractivity contribution >= 4 is 53.2 Å². The summed E-state index contributed by atoms with van der Waals surface area (Å²) in [5, 5.41) is 1.71. The van der Waals surface area contributed by atoms with E-state index in [0.29, 0.717) is 4.47 Å². The maximum atomic E-state index is 11.9. The van der Waals surface area contributed by atoms with Crippen LogP contribution in [0.3, 0.4) is 0 Å². The van der Waals surface area contributed by atoms with Gasteiger partial charge in [0.1, 0.15) is 4.21 Å². The first-order chi connectivity index (χ1) is 7.13. The first-order valence-corrected chi connectivity index (χ1v) is 8.29. The van der Waals surface area contributed by atoms with Gasteiger partial charge >= 0.3 is 0 Å². The van der Waals surface area contributed by atoms with E-state index in [1.165, 1.54) is 0 Å². The molecule has 8 heteroatoms. The number of nitrogens with one attached hydrogen (secondary N) is 1. The average Bonchev–Trinajstić information content (AvgIpc) is 2.44. The molecule has 1 aromatic heterocycles. The lowest BCUT2D eigenvalue weighted by Gasteiger charge is -2.18. The molecule has 0 saturated heterocycles. The van der Waals surface area contributed by atoms with Crippen molar-refractivity contribution < 1.29 is 8.42 Å². The van der Waals surface area contributed by atoms with Crippen LogP contribution in [0.2, 0.25) is 0 Å². The van der Waals surface area contributed by atoms with E-state index in [0.717, 1.165) is 15.8 Å². The number of halogens is 2. The van der Waals surface area contributed by atoms with Crippen LogP contribution in [-0.4, -0.2) is 20.5 Å². The monoisotopic (exact) mass is 390 g/mol. The Morgan fingerprint density at radius 1 is 1.50 bits per heavy atom. The average molecular weight is 392 g/mol. The number of thiophene rings is 1. The Balaban J connectivity index is 2.92. The first-order valence-electron chi connectivity index (χ1n) is 4.34. The number of hydrogen-bond donors (Lipinski definition) is 2. The fraction of sp³-hybridized carbons (Fsp3) is 0.500. The molecule has 0 aromatic carbocycles. The van der Waals surface area contributed by atoms with Crippen molar-refractivity contribution in [1.29, 1.82) is 0 Å². The Kier molecular flexibility index (Phi) is 4.59. The Labute approximate surface area is 116 Å². The highest BCUT2D eigenvalue weighted by molar-refractivity contribution is 9.13.